The minimum atomic E-state index is 0. The molecule has 0 saturated carbocycles. The summed E-state index contributed by atoms with van der Waals surface area (Å²) >= 11 is 0. The Labute approximate surface area is 102 Å². The first-order valence-electron chi connectivity index (χ1n) is 0. The van der Waals surface area contributed by atoms with Crippen molar-refractivity contribution >= 4 is 54.0 Å². The molecule has 0 aromatic heterocycles. The lowest BCUT2D eigenvalue weighted by molar-refractivity contribution is 0.823. The highest BCUT2D eigenvalue weighted by Gasteiger charge is -0.0734. The third-order valence-corrected chi connectivity index (χ3v) is 0. The maximum Gasteiger partial charge on any atom is -0.0776 e. The molecule has 0 aromatic carbocycles. The Bertz CT molecular complexity index is 16.4. The fourth-order valence-corrected chi connectivity index (χ4v) is 0. The molecule has 0 unspecified atom stereocenters. The minimum absolute atomic E-state index is 0. The second-order valence-electron chi connectivity index (χ2n) is 0. The molecule has 0 saturated heterocycles. The maximum atomic E-state index is 0. The Hall–Kier alpha value is 1.32. The van der Waals surface area contributed by atoms with Gasteiger partial charge in [0.1, 0.15) is 0 Å². The molecular weight excluding hydrogens is 220 g/mol. The first-order valence-corrected chi connectivity index (χ1v) is 0. The molecule has 0 amide bonds. The zero-order valence-electron chi connectivity index (χ0n) is 3.00. The van der Waals surface area contributed by atoms with E-state index in [0.717, 1.165) is 0 Å². The van der Waals surface area contributed by atoms with E-state index in [1.54, 1.807) is 0 Å². The van der Waals surface area contributed by atoms with Gasteiger partial charge in [0.15, 0.2) is 0 Å². The molecule has 0 spiro atoms. The SMILES string of the molecule is C.C.C.C.C.O.O.S.S.S.S. The molecule has 0 aliphatic heterocycles. The van der Waals surface area contributed by atoms with Crippen LogP contribution in [0.3, 0.4) is 0 Å². The highest BCUT2D eigenvalue weighted by molar-refractivity contribution is 7.59. The minimum Gasteiger partial charge on any atom is -0.412 e. The Morgan fingerprint density at radius 2 is 0.273 bits per heavy atom. The van der Waals surface area contributed by atoms with Crippen molar-refractivity contribution in [3.63, 3.8) is 0 Å². The predicted molar refractivity (Wildman–Crippen MR) is 82.4 cm³/mol. The van der Waals surface area contributed by atoms with Gasteiger partial charge in [-0.3, -0.25) is 0 Å². The van der Waals surface area contributed by atoms with Crippen LogP contribution in [0.4, 0.5) is 0 Å². The Kier molecular flexibility index (Phi) is 57000. The quantitative estimate of drug-likeness (QED) is 0.633. The molecule has 0 aliphatic carbocycles. The molecule has 11 heavy (non-hydrogen) atoms. The van der Waals surface area contributed by atoms with Crippen LogP contribution >= 0.6 is 54.0 Å². The van der Waals surface area contributed by atoms with Crippen LogP contribution in [0, 0.1) is 0 Å². The first kappa shape index (κ1) is 906. The molecule has 0 aliphatic rings. The van der Waals surface area contributed by atoms with Gasteiger partial charge in [0.25, 0.3) is 0 Å². The molecule has 0 rings (SSSR count). The van der Waals surface area contributed by atoms with Crippen molar-refractivity contribution in [2.75, 3.05) is 0 Å². The second kappa shape index (κ2) is 692. The van der Waals surface area contributed by atoms with Crippen molar-refractivity contribution in [2.24, 2.45) is 0 Å². The fraction of sp³-hybridized carbons (Fsp3) is 1.00. The molecule has 0 fully saturated rings. The van der Waals surface area contributed by atoms with Gasteiger partial charge in [0.05, 0.1) is 0 Å². The summed E-state index contributed by atoms with van der Waals surface area (Å²) in [6.07, 6.45) is 0. The van der Waals surface area contributed by atoms with Gasteiger partial charge in [-0.15, -0.1) is 0 Å². The van der Waals surface area contributed by atoms with Crippen LogP contribution in [-0.4, -0.2) is 11.0 Å². The van der Waals surface area contributed by atoms with Gasteiger partial charge >= 0.3 is 0 Å². The third kappa shape index (κ3) is 564. The number of hydrogen-bond donors (Lipinski definition) is 0. The van der Waals surface area contributed by atoms with Gasteiger partial charge in [-0.05, 0) is 0 Å². The van der Waals surface area contributed by atoms with E-state index >= 15 is 0 Å². The average Bonchev–Trinajstić information content (AvgIpc) is 0. The predicted octanol–water partition coefficient (Wildman–Crippen LogP) is 1.98. The van der Waals surface area contributed by atoms with E-state index in [9.17, 15) is 0 Å². The maximum absolute atomic E-state index is 0. The van der Waals surface area contributed by atoms with E-state index in [-0.39, 0.29) is 102 Å². The summed E-state index contributed by atoms with van der Waals surface area (Å²) < 4.78 is 0. The van der Waals surface area contributed by atoms with Crippen LogP contribution < -0.4 is 0 Å². The lowest BCUT2D eigenvalue weighted by atomic mass is 12.0. The molecule has 6 heteroatoms. The van der Waals surface area contributed by atoms with Crippen LogP contribution in [0.2, 0.25) is 0 Å². The van der Waals surface area contributed by atoms with E-state index in [4.69, 9.17) is 0 Å². The highest BCUT2D eigenvalue weighted by atomic mass is 32.1. The molecular formula is C5H32O2S4. The summed E-state index contributed by atoms with van der Waals surface area (Å²) in [6, 6.07) is 0. The van der Waals surface area contributed by atoms with E-state index in [1.165, 1.54) is 0 Å². The first-order chi connectivity index (χ1) is 0. The van der Waals surface area contributed by atoms with Crippen molar-refractivity contribution < 1.29 is 11.0 Å². The van der Waals surface area contributed by atoms with Crippen molar-refractivity contribution in [3.05, 3.63) is 0 Å². The fourth-order valence-electron chi connectivity index (χ4n) is 0. The Morgan fingerprint density at radius 3 is 0.273 bits per heavy atom. The lowest BCUT2D eigenvalue weighted by Crippen LogP contribution is -0.290. The average molecular weight is 253 g/mol. The molecule has 0 bridgehead atoms. The summed E-state index contributed by atoms with van der Waals surface area (Å²) in [5, 5.41) is 0. The molecule has 0 radical (unpaired) electrons. The zero-order valence-corrected chi connectivity index (χ0v) is 7.00. The van der Waals surface area contributed by atoms with E-state index in [0.29, 0.717) is 0 Å². The van der Waals surface area contributed by atoms with Crippen LogP contribution in [0.15, 0.2) is 0 Å². The molecule has 0 atom stereocenters. The van der Waals surface area contributed by atoms with Gasteiger partial charge in [-0.1, -0.05) is 37.1 Å². The summed E-state index contributed by atoms with van der Waals surface area (Å²) in [6.45, 7) is 0. The molecule has 0 aromatic rings. The highest BCUT2D eigenvalue weighted by Crippen LogP contribution is 0.651. The Morgan fingerprint density at radius 1 is 0.273 bits per heavy atom. The van der Waals surface area contributed by atoms with Gasteiger partial charge in [-0.2, -0.15) is 54.0 Å². The molecule has 2 nitrogen and oxygen atoms in total. The molecule has 4 N–H and O–H groups in total. The van der Waals surface area contributed by atoms with Crippen LogP contribution in [0.1, 0.15) is 37.1 Å². The smallest absolute Gasteiger partial charge is 0.0776 e. The standard InChI is InChI=1S/5CH4.2H2O.4H2S/h5*1H4;6*1H2. The summed E-state index contributed by atoms with van der Waals surface area (Å²) in [7, 11) is 0. The monoisotopic (exact) mass is 252 g/mol. The zero-order chi connectivity index (χ0) is 0. The summed E-state index contributed by atoms with van der Waals surface area (Å²) in [5.74, 6) is 0. The largest absolute Gasteiger partial charge is 0.412 e. The normalized spacial score (nSPS) is 0. The lowest BCUT2D eigenvalue weighted by Gasteiger charge is -0.413. The van der Waals surface area contributed by atoms with Crippen molar-refractivity contribution in [1.82, 2.24) is 0 Å². The third-order valence-electron chi connectivity index (χ3n) is 0. The topological polar surface area (TPSA) is 63.0 Å². The van der Waals surface area contributed by atoms with E-state index in [2.05, 4.69) is 0 Å². The number of hydrogen-bond acceptors (Lipinski definition) is 0. The van der Waals surface area contributed by atoms with E-state index in [1.807, 2.05) is 0 Å². The van der Waals surface area contributed by atoms with Crippen molar-refractivity contribution in [2.45, 2.75) is 37.1 Å². The Balaban J connectivity index is 0. The van der Waals surface area contributed by atoms with Crippen LogP contribution in [0.25, 0.3) is 0 Å². The number of rotatable bonds is 0. The van der Waals surface area contributed by atoms with Gasteiger partial charge in [0.2, 0.25) is 0 Å². The van der Waals surface area contributed by atoms with E-state index < -0.39 is 0 Å². The summed E-state index contributed by atoms with van der Waals surface area (Å²) in [4.78, 5) is 0. The molecule has 88 valence electrons. The van der Waals surface area contributed by atoms with Crippen molar-refractivity contribution in [1.29, 1.82) is 0 Å². The second-order valence-corrected chi connectivity index (χ2v) is 0. The van der Waals surface area contributed by atoms with Gasteiger partial charge in [0, 0.05) is 0 Å². The van der Waals surface area contributed by atoms with Crippen molar-refractivity contribution in [3.8, 4) is 0 Å². The molecule has 0 heterocycles. The summed E-state index contributed by atoms with van der Waals surface area (Å²) in [5.41, 5.74) is 0. The van der Waals surface area contributed by atoms with Gasteiger partial charge in [-0.25, -0.2) is 0 Å². The van der Waals surface area contributed by atoms with Crippen LogP contribution in [-0.2, 0) is 0 Å². The van der Waals surface area contributed by atoms with Crippen LogP contribution in [0.5, 0.6) is 0 Å². The van der Waals surface area contributed by atoms with Gasteiger partial charge < -0.3 is 11.0 Å².